The summed E-state index contributed by atoms with van der Waals surface area (Å²) in [6, 6.07) is 0.720. The van der Waals surface area contributed by atoms with Gasteiger partial charge in [-0.25, -0.2) is 5.01 Å². The van der Waals surface area contributed by atoms with Crippen molar-refractivity contribution < 1.29 is 17.4 Å². The van der Waals surface area contributed by atoms with Gasteiger partial charge in [-0.3, -0.25) is 0 Å². The number of hydrogen-bond donors (Lipinski definition) is 1. The van der Waals surface area contributed by atoms with Crippen molar-refractivity contribution >= 4 is 0 Å². The van der Waals surface area contributed by atoms with Crippen LogP contribution in [0.5, 0.6) is 0 Å². The number of halogens is 1. The molecule has 1 heterocycles. The van der Waals surface area contributed by atoms with Crippen LogP contribution in [0.1, 0.15) is 39.0 Å². The van der Waals surface area contributed by atoms with Crippen molar-refractivity contribution in [1.29, 1.82) is 0 Å². The Labute approximate surface area is 91.7 Å². The molecule has 2 rings (SSSR count). The second kappa shape index (κ2) is 4.94. The van der Waals surface area contributed by atoms with E-state index in [1.54, 1.807) is 0 Å². The molecular formula is C9H19ClN4. The number of rotatable bonds is 1. The first-order valence-corrected chi connectivity index (χ1v) is 5.30. The minimum atomic E-state index is 0. The van der Waals surface area contributed by atoms with Crippen LogP contribution in [0, 0.1) is 0 Å². The summed E-state index contributed by atoms with van der Waals surface area (Å²) in [5, 5.41) is 11.7. The average Bonchev–Trinajstić information content (AvgIpc) is 2.49. The van der Waals surface area contributed by atoms with Crippen molar-refractivity contribution in [2.75, 3.05) is 7.05 Å². The van der Waals surface area contributed by atoms with Gasteiger partial charge in [0.05, 0.1) is 0 Å². The van der Waals surface area contributed by atoms with Crippen molar-refractivity contribution in [1.82, 2.24) is 5.01 Å². The second-order valence-corrected chi connectivity index (χ2v) is 4.20. The third kappa shape index (κ3) is 2.17. The fourth-order valence-electron chi connectivity index (χ4n) is 2.30. The summed E-state index contributed by atoms with van der Waals surface area (Å²) >= 11 is 0. The molecule has 0 spiro atoms. The van der Waals surface area contributed by atoms with E-state index in [1.165, 1.54) is 37.1 Å². The molecule has 0 saturated heterocycles. The molecule has 2 atom stereocenters. The third-order valence-electron chi connectivity index (χ3n) is 3.31. The zero-order valence-electron chi connectivity index (χ0n) is 8.91. The molecule has 2 unspecified atom stereocenters. The Morgan fingerprint density at radius 1 is 1.21 bits per heavy atom. The number of hydrogen-bond acceptors (Lipinski definition) is 3. The molecule has 1 aliphatic heterocycles. The molecule has 1 N–H and O–H groups in total. The van der Waals surface area contributed by atoms with Crippen LogP contribution in [0.25, 0.3) is 0 Å². The van der Waals surface area contributed by atoms with Crippen molar-refractivity contribution in [2.45, 2.75) is 51.2 Å². The Kier molecular flexibility index (Phi) is 4.13. The van der Waals surface area contributed by atoms with Crippen LogP contribution in [0.15, 0.2) is 10.4 Å². The van der Waals surface area contributed by atoms with Gasteiger partial charge in [-0.15, -0.1) is 0 Å². The summed E-state index contributed by atoms with van der Waals surface area (Å²) in [6.45, 7) is 2.20. The molecular weight excluding hydrogens is 200 g/mol. The predicted molar refractivity (Wildman–Crippen MR) is 49.9 cm³/mol. The number of nitrogens with zero attached hydrogens (tertiary/aromatic N) is 3. The molecule has 0 amide bonds. The standard InChI is InChI=1S/C9H18N4.ClH/c1-8-12(2)10-11-13(8)9-6-4-3-5-7-9;/h8-9H,3-7H2,1-2H3;1H. The van der Waals surface area contributed by atoms with Crippen LogP contribution >= 0.6 is 0 Å². The van der Waals surface area contributed by atoms with Gasteiger partial charge in [-0.05, 0) is 18.1 Å². The molecule has 0 aromatic carbocycles. The zero-order valence-corrected chi connectivity index (χ0v) is 9.67. The molecule has 4 nitrogen and oxygen atoms in total. The first kappa shape index (κ1) is 11.7. The fourth-order valence-corrected chi connectivity index (χ4v) is 2.30. The Bertz CT molecular complexity index is 203. The van der Waals surface area contributed by atoms with E-state index >= 15 is 0 Å². The molecule has 82 valence electrons. The van der Waals surface area contributed by atoms with Gasteiger partial charge in [-0.1, -0.05) is 6.42 Å². The lowest BCUT2D eigenvalue weighted by Gasteiger charge is -2.27. The van der Waals surface area contributed by atoms with Gasteiger partial charge >= 0.3 is 0 Å². The Hall–Kier alpha value is -0.350. The third-order valence-corrected chi connectivity index (χ3v) is 3.31. The van der Waals surface area contributed by atoms with Gasteiger partial charge in [-0.2, -0.15) is 5.01 Å². The van der Waals surface area contributed by atoms with E-state index in [4.69, 9.17) is 0 Å². The molecule has 0 bridgehead atoms. The summed E-state index contributed by atoms with van der Waals surface area (Å²) in [7, 11) is 2.00. The topological polar surface area (TPSA) is 32.4 Å². The number of quaternary nitrogens is 1. The van der Waals surface area contributed by atoms with Crippen molar-refractivity contribution in [3.8, 4) is 0 Å². The molecule has 1 saturated carbocycles. The van der Waals surface area contributed by atoms with Crippen LogP contribution in [0.2, 0.25) is 0 Å². The smallest absolute Gasteiger partial charge is 0.202 e. The lowest BCUT2D eigenvalue weighted by Crippen LogP contribution is -3.14. The summed E-state index contributed by atoms with van der Waals surface area (Å²) < 4.78 is 0. The summed E-state index contributed by atoms with van der Waals surface area (Å²) in [5.41, 5.74) is 0. The van der Waals surface area contributed by atoms with Gasteiger partial charge in [0.2, 0.25) is 6.17 Å². The van der Waals surface area contributed by atoms with E-state index in [2.05, 4.69) is 17.4 Å². The normalized spacial score (nSPS) is 33.1. The lowest BCUT2D eigenvalue weighted by atomic mass is 9.95. The molecule has 0 aromatic rings. The minimum absolute atomic E-state index is 0. The zero-order chi connectivity index (χ0) is 9.26. The van der Waals surface area contributed by atoms with Crippen molar-refractivity contribution in [3.63, 3.8) is 0 Å². The Morgan fingerprint density at radius 3 is 2.36 bits per heavy atom. The average molecular weight is 219 g/mol. The van der Waals surface area contributed by atoms with E-state index in [0.29, 0.717) is 6.17 Å². The Morgan fingerprint density at radius 2 is 1.86 bits per heavy atom. The molecule has 2 aliphatic rings. The molecule has 14 heavy (non-hydrogen) atoms. The lowest BCUT2D eigenvalue weighted by molar-refractivity contribution is -0.958. The van der Waals surface area contributed by atoms with Crippen LogP contribution in [-0.4, -0.2) is 24.3 Å². The number of nitrogens with one attached hydrogen (secondary N) is 1. The predicted octanol–water partition coefficient (Wildman–Crippen LogP) is -2.22. The fraction of sp³-hybridized carbons (Fsp3) is 1.00. The monoisotopic (exact) mass is 218 g/mol. The van der Waals surface area contributed by atoms with Gasteiger partial charge in [0, 0.05) is 32.0 Å². The van der Waals surface area contributed by atoms with E-state index in [1.807, 2.05) is 12.1 Å². The highest BCUT2D eigenvalue weighted by atomic mass is 35.5. The maximum absolute atomic E-state index is 4.29. The van der Waals surface area contributed by atoms with Gasteiger partial charge < -0.3 is 12.4 Å². The van der Waals surface area contributed by atoms with E-state index < -0.39 is 0 Å². The second-order valence-electron chi connectivity index (χ2n) is 4.20. The molecule has 5 heteroatoms. The van der Waals surface area contributed by atoms with Crippen LogP contribution in [-0.2, 0) is 0 Å². The highest BCUT2D eigenvalue weighted by molar-refractivity contribution is 4.64. The van der Waals surface area contributed by atoms with Crippen molar-refractivity contribution in [3.05, 3.63) is 0 Å². The highest BCUT2D eigenvalue weighted by Crippen LogP contribution is 2.16. The van der Waals surface area contributed by atoms with Gasteiger partial charge in [0.25, 0.3) is 0 Å². The van der Waals surface area contributed by atoms with Crippen LogP contribution in [0.4, 0.5) is 0 Å². The van der Waals surface area contributed by atoms with Crippen LogP contribution < -0.4 is 17.4 Å². The molecule has 1 fully saturated rings. The van der Waals surface area contributed by atoms with E-state index in [9.17, 15) is 0 Å². The maximum Gasteiger partial charge on any atom is 0.202 e. The molecule has 0 aromatic heterocycles. The highest BCUT2D eigenvalue weighted by Gasteiger charge is 2.35. The van der Waals surface area contributed by atoms with Gasteiger partial charge in [0.1, 0.15) is 6.04 Å². The molecule has 0 radical (unpaired) electrons. The SMILES string of the molecule is CC1N(C)N=N[NH+]1C1CCCCC1.[Cl-]. The van der Waals surface area contributed by atoms with E-state index in [-0.39, 0.29) is 12.4 Å². The minimum Gasteiger partial charge on any atom is -1.00 e. The Balaban J connectivity index is 0.000000980. The summed E-state index contributed by atoms with van der Waals surface area (Å²) in [4.78, 5) is 0. The van der Waals surface area contributed by atoms with Crippen molar-refractivity contribution in [2.24, 2.45) is 10.4 Å². The largest absolute Gasteiger partial charge is 1.00 e. The quantitative estimate of drug-likeness (QED) is 0.532. The summed E-state index contributed by atoms with van der Waals surface area (Å²) in [6.07, 6.45) is 7.24. The van der Waals surface area contributed by atoms with Crippen LogP contribution in [0.3, 0.4) is 0 Å². The first-order valence-electron chi connectivity index (χ1n) is 5.30. The molecule has 1 aliphatic carbocycles. The maximum atomic E-state index is 4.29. The van der Waals surface area contributed by atoms with E-state index in [0.717, 1.165) is 6.04 Å². The van der Waals surface area contributed by atoms with Gasteiger partial charge in [0.15, 0.2) is 0 Å². The first-order chi connectivity index (χ1) is 6.29. The summed E-state index contributed by atoms with van der Waals surface area (Å²) in [5.74, 6) is 0.